The molecule has 6 heteroatoms. The van der Waals surface area contributed by atoms with E-state index in [1.807, 2.05) is 21.8 Å². The molecule has 1 saturated heterocycles. The maximum atomic E-state index is 5.97. The van der Waals surface area contributed by atoms with Crippen molar-refractivity contribution in [1.82, 2.24) is 24.9 Å². The van der Waals surface area contributed by atoms with Gasteiger partial charge >= 0.3 is 0 Å². The molecule has 120 valence electrons. The molecule has 0 bridgehead atoms. The summed E-state index contributed by atoms with van der Waals surface area (Å²) < 4.78 is 10.0. The molecule has 2 aromatic rings. The third-order valence-corrected chi connectivity index (χ3v) is 4.37. The van der Waals surface area contributed by atoms with Crippen molar-refractivity contribution in [2.75, 3.05) is 13.2 Å². The minimum Gasteiger partial charge on any atom is -0.372 e. The van der Waals surface area contributed by atoms with Gasteiger partial charge in [-0.05, 0) is 32.4 Å². The van der Waals surface area contributed by atoms with Crippen molar-refractivity contribution in [2.24, 2.45) is 5.92 Å². The van der Waals surface area contributed by atoms with Crippen LogP contribution in [0.3, 0.4) is 0 Å². The Hall–Kier alpha value is -1.66. The van der Waals surface area contributed by atoms with Gasteiger partial charge in [0.15, 0.2) is 0 Å². The zero-order valence-corrected chi connectivity index (χ0v) is 13.4. The van der Waals surface area contributed by atoms with E-state index >= 15 is 0 Å². The molecule has 0 amide bonds. The molecule has 0 aromatic carbocycles. The molecule has 3 rings (SSSR count). The largest absolute Gasteiger partial charge is 0.372 e. The summed E-state index contributed by atoms with van der Waals surface area (Å²) in [6, 6.07) is 4.16. The van der Waals surface area contributed by atoms with Gasteiger partial charge in [-0.1, -0.05) is 0 Å². The average molecular weight is 303 g/mol. The van der Waals surface area contributed by atoms with E-state index in [4.69, 9.17) is 4.74 Å². The van der Waals surface area contributed by atoms with Crippen LogP contribution in [0.25, 0.3) is 0 Å². The predicted molar refractivity (Wildman–Crippen MR) is 84.3 cm³/mol. The summed E-state index contributed by atoms with van der Waals surface area (Å²) in [5.74, 6) is 0.500. The summed E-state index contributed by atoms with van der Waals surface area (Å²) in [5.41, 5.74) is 2.43. The lowest BCUT2D eigenvalue weighted by Gasteiger charge is -2.20. The van der Waals surface area contributed by atoms with Crippen LogP contribution in [-0.4, -0.2) is 32.7 Å². The van der Waals surface area contributed by atoms with Crippen molar-refractivity contribution in [3.8, 4) is 0 Å². The maximum Gasteiger partial charge on any atom is 0.103 e. The fraction of sp³-hybridized carbons (Fsp3) is 0.625. The van der Waals surface area contributed by atoms with Crippen LogP contribution in [-0.2, 0) is 24.4 Å². The number of aryl methyl sites for hydroxylation is 2. The average Bonchev–Trinajstić information content (AvgIpc) is 3.26. The topological polar surface area (TPSA) is 56.9 Å². The molecule has 3 heterocycles. The Morgan fingerprint density at radius 3 is 2.77 bits per heavy atom. The van der Waals surface area contributed by atoms with Gasteiger partial charge in [-0.2, -0.15) is 10.2 Å². The third kappa shape index (κ3) is 3.08. The first-order chi connectivity index (χ1) is 10.8. The monoisotopic (exact) mass is 303 g/mol. The Kier molecular flexibility index (Phi) is 4.90. The van der Waals surface area contributed by atoms with Crippen molar-refractivity contribution in [2.45, 2.75) is 46.0 Å². The molecule has 2 atom stereocenters. The van der Waals surface area contributed by atoms with Crippen molar-refractivity contribution in [1.29, 1.82) is 0 Å². The minimum atomic E-state index is 0.158. The molecular formula is C16H25N5O. The van der Waals surface area contributed by atoms with E-state index in [-0.39, 0.29) is 6.10 Å². The molecule has 0 spiro atoms. The van der Waals surface area contributed by atoms with Crippen molar-refractivity contribution < 1.29 is 4.74 Å². The fourth-order valence-electron chi connectivity index (χ4n) is 3.20. The Morgan fingerprint density at radius 1 is 1.18 bits per heavy atom. The highest BCUT2D eigenvalue weighted by Gasteiger charge is 2.31. The molecule has 0 radical (unpaired) electrons. The first-order valence-electron chi connectivity index (χ1n) is 8.18. The van der Waals surface area contributed by atoms with Gasteiger partial charge in [0.05, 0.1) is 11.4 Å². The lowest BCUT2D eigenvalue weighted by Crippen LogP contribution is -2.26. The SMILES string of the molecule is CCn1nccc1CNC[C@@H]1CCO[C@H]1c1ccnn1CC. The highest BCUT2D eigenvalue weighted by atomic mass is 16.5. The van der Waals surface area contributed by atoms with Crippen LogP contribution in [0.1, 0.15) is 37.8 Å². The summed E-state index contributed by atoms with van der Waals surface area (Å²) in [7, 11) is 0. The van der Waals surface area contributed by atoms with Crippen molar-refractivity contribution in [3.05, 3.63) is 35.9 Å². The van der Waals surface area contributed by atoms with Gasteiger partial charge in [0.1, 0.15) is 6.10 Å². The van der Waals surface area contributed by atoms with Gasteiger partial charge in [0.2, 0.25) is 0 Å². The van der Waals surface area contributed by atoms with Crippen LogP contribution in [0, 0.1) is 5.92 Å². The normalized spacial score (nSPS) is 21.5. The third-order valence-electron chi connectivity index (χ3n) is 4.37. The van der Waals surface area contributed by atoms with Gasteiger partial charge in [-0.3, -0.25) is 9.36 Å². The molecular weight excluding hydrogens is 278 g/mol. The molecule has 1 fully saturated rings. The lowest BCUT2D eigenvalue weighted by atomic mass is 9.99. The molecule has 22 heavy (non-hydrogen) atoms. The number of hydrogen-bond acceptors (Lipinski definition) is 4. The van der Waals surface area contributed by atoms with Crippen LogP contribution >= 0.6 is 0 Å². The number of aromatic nitrogens is 4. The van der Waals surface area contributed by atoms with E-state index in [1.165, 1.54) is 11.4 Å². The Labute approximate surface area is 131 Å². The molecule has 0 unspecified atom stereocenters. The number of nitrogens with zero attached hydrogens (tertiary/aromatic N) is 4. The lowest BCUT2D eigenvalue weighted by molar-refractivity contribution is 0.0829. The molecule has 0 saturated carbocycles. The van der Waals surface area contributed by atoms with E-state index in [0.29, 0.717) is 5.92 Å². The maximum absolute atomic E-state index is 5.97. The van der Waals surface area contributed by atoms with Crippen LogP contribution in [0.5, 0.6) is 0 Å². The molecule has 1 aliphatic rings. The summed E-state index contributed by atoms with van der Waals surface area (Å²) >= 11 is 0. The first kappa shape index (κ1) is 15.2. The molecule has 2 aromatic heterocycles. The second-order valence-corrected chi connectivity index (χ2v) is 5.68. The first-order valence-corrected chi connectivity index (χ1v) is 8.18. The van der Waals surface area contributed by atoms with Gasteiger partial charge in [0.25, 0.3) is 0 Å². The summed E-state index contributed by atoms with van der Waals surface area (Å²) in [6.07, 6.45) is 4.98. The molecule has 0 aliphatic carbocycles. The highest BCUT2D eigenvalue weighted by molar-refractivity contribution is 5.08. The fourth-order valence-corrected chi connectivity index (χ4v) is 3.20. The van der Waals surface area contributed by atoms with Crippen LogP contribution in [0.15, 0.2) is 24.5 Å². The highest BCUT2D eigenvalue weighted by Crippen LogP contribution is 2.33. The zero-order chi connectivity index (χ0) is 15.4. The molecule has 1 N–H and O–H groups in total. The van der Waals surface area contributed by atoms with Crippen molar-refractivity contribution >= 4 is 0 Å². The Morgan fingerprint density at radius 2 is 1.95 bits per heavy atom. The van der Waals surface area contributed by atoms with Crippen LogP contribution in [0.4, 0.5) is 0 Å². The second-order valence-electron chi connectivity index (χ2n) is 5.68. The number of ether oxygens (including phenoxy) is 1. The van der Waals surface area contributed by atoms with E-state index in [9.17, 15) is 0 Å². The quantitative estimate of drug-likeness (QED) is 0.850. The van der Waals surface area contributed by atoms with E-state index in [1.54, 1.807) is 0 Å². The van der Waals surface area contributed by atoms with Gasteiger partial charge in [-0.15, -0.1) is 0 Å². The van der Waals surface area contributed by atoms with Gasteiger partial charge in [0, 0.05) is 51.1 Å². The summed E-state index contributed by atoms with van der Waals surface area (Å²) in [5, 5.41) is 12.2. The zero-order valence-electron chi connectivity index (χ0n) is 13.4. The van der Waals surface area contributed by atoms with Crippen LogP contribution < -0.4 is 5.32 Å². The van der Waals surface area contributed by atoms with Gasteiger partial charge < -0.3 is 10.1 Å². The number of rotatable bonds is 7. The summed E-state index contributed by atoms with van der Waals surface area (Å²) in [6.45, 7) is 8.66. The molecule has 1 aliphatic heterocycles. The van der Waals surface area contributed by atoms with Crippen molar-refractivity contribution in [3.63, 3.8) is 0 Å². The van der Waals surface area contributed by atoms with Crippen LogP contribution in [0.2, 0.25) is 0 Å². The van der Waals surface area contributed by atoms with E-state index in [0.717, 1.165) is 39.2 Å². The molecule has 6 nitrogen and oxygen atoms in total. The Balaban J connectivity index is 1.58. The van der Waals surface area contributed by atoms with E-state index < -0.39 is 0 Å². The predicted octanol–water partition coefficient (Wildman–Crippen LogP) is 1.99. The smallest absolute Gasteiger partial charge is 0.103 e. The number of nitrogens with one attached hydrogen (secondary N) is 1. The second kappa shape index (κ2) is 7.07. The standard InChI is InChI=1S/C16H25N5O/c1-3-20-14(5-8-18-20)12-17-11-13-7-10-22-16(13)15-6-9-19-21(15)4-2/h5-6,8-9,13,16-17H,3-4,7,10-12H2,1-2H3/t13-,16+/m0/s1. The number of hydrogen-bond donors (Lipinski definition) is 1. The van der Waals surface area contributed by atoms with E-state index in [2.05, 4.69) is 41.5 Å². The minimum absolute atomic E-state index is 0.158. The van der Waals surface area contributed by atoms with Gasteiger partial charge in [-0.25, -0.2) is 0 Å². The summed E-state index contributed by atoms with van der Waals surface area (Å²) in [4.78, 5) is 0. The Bertz CT molecular complexity index is 591.